The molecule has 59 heavy (non-hydrogen) atoms. The molecule has 328 valence electrons. The van der Waals surface area contributed by atoms with E-state index in [-0.39, 0.29) is 48.5 Å². The lowest BCUT2D eigenvalue weighted by Gasteiger charge is -2.36. The number of rotatable bonds is 18. The zero-order valence-electron chi connectivity index (χ0n) is 36.4. The van der Waals surface area contributed by atoms with Gasteiger partial charge in [0.05, 0.1) is 37.6 Å². The monoisotopic (exact) mass is 827 g/mol. The molecule has 0 radical (unpaired) electrons. The van der Waals surface area contributed by atoms with E-state index in [1.165, 1.54) is 0 Å². The summed E-state index contributed by atoms with van der Waals surface area (Å²) in [6.07, 6.45) is 6.57. The second-order valence-corrected chi connectivity index (χ2v) is 17.8. The number of carbonyl (C=O) groups excluding carboxylic acids is 6. The molecule has 0 spiro atoms. The van der Waals surface area contributed by atoms with Gasteiger partial charge >= 0.3 is 0 Å². The molecule has 2 saturated heterocycles. The van der Waals surface area contributed by atoms with Gasteiger partial charge in [0.1, 0.15) is 35.6 Å². The number of nitrogens with one attached hydrogen (secondary N) is 6. The summed E-state index contributed by atoms with van der Waals surface area (Å²) >= 11 is 0. The third kappa shape index (κ3) is 12.5. The normalized spacial score (nSPS) is 19.2. The largest absolute Gasteiger partial charge is 0.349 e. The number of nitrogens with zero attached hydrogens (tertiary/aromatic N) is 8. The highest BCUT2D eigenvalue weighted by molar-refractivity contribution is 5.95. The minimum atomic E-state index is -0.793. The van der Waals surface area contributed by atoms with E-state index in [2.05, 4.69) is 52.5 Å². The first-order valence-electron chi connectivity index (χ1n) is 20.6. The molecule has 2 aliphatic rings. The predicted octanol–water partition coefficient (Wildman–Crippen LogP) is -0.548. The fourth-order valence-electron chi connectivity index (χ4n) is 7.08. The van der Waals surface area contributed by atoms with Crippen molar-refractivity contribution in [3.05, 3.63) is 23.8 Å². The van der Waals surface area contributed by atoms with Gasteiger partial charge in [-0.05, 0) is 70.9 Å². The van der Waals surface area contributed by atoms with Crippen LogP contribution in [0.5, 0.6) is 0 Å². The highest BCUT2D eigenvalue weighted by Crippen LogP contribution is 2.27. The number of likely N-dealkylation sites (tertiary alicyclic amines) is 2. The number of likely N-dealkylation sites (N-methyl/N-ethyl adjacent to an activating group) is 2. The minimum absolute atomic E-state index is 0.144. The maximum absolute atomic E-state index is 13.7. The van der Waals surface area contributed by atoms with Crippen LogP contribution in [0.4, 0.5) is 0 Å². The number of aryl methyl sites for hydroxylation is 2. The Bertz CT molecular complexity index is 1650. The Balaban J connectivity index is 1.22. The van der Waals surface area contributed by atoms with Gasteiger partial charge in [-0.3, -0.25) is 38.1 Å². The summed E-state index contributed by atoms with van der Waals surface area (Å²) in [6, 6.07) is -3.83. The van der Waals surface area contributed by atoms with Crippen LogP contribution >= 0.6 is 0 Å². The smallest absolute Gasteiger partial charge is 0.246 e. The molecule has 2 aromatic heterocycles. The molecule has 0 bridgehead atoms. The number of hydrogen-bond donors (Lipinski definition) is 6. The highest BCUT2D eigenvalue weighted by Gasteiger charge is 2.43. The first-order chi connectivity index (χ1) is 27.7. The van der Waals surface area contributed by atoms with E-state index >= 15 is 0 Å². The molecule has 2 aromatic rings. The molecule has 4 rings (SSSR count). The molecule has 6 atom stereocenters. The van der Waals surface area contributed by atoms with Gasteiger partial charge in [0, 0.05) is 26.2 Å². The Morgan fingerprint density at radius 3 is 1.37 bits per heavy atom. The predicted molar refractivity (Wildman–Crippen MR) is 218 cm³/mol. The van der Waals surface area contributed by atoms with Gasteiger partial charge in [-0.15, -0.1) is 10.2 Å². The molecule has 6 N–H and O–H groups in total. The van der Waals surface area contributed by atoms with Gasteiger partial charge in [-0.1, -0.05) is 52.0 Å². The van der Waals surface area contributed by atoms with E-state index < -0.39 is 47.1 Å². The molecule has 0 aromatic carbocycles. The van der Waals surface area contributed by atoms with Gasteiger partial charge in [-0.25, -0.2) is 0 Å². The second kappa shape index (κ2) is 20.3. The van der Waals surface area contributed by atoms with Crippen molar-refractivity contribution in [2.45, 2.75) is 150 Å². The molecule has 20 heteroatoms. The Morgan fingerprint density at radius 2 is 1.03 bits per heavy atom. The zero-order chi connectivity index (χ0) is 43.7. The second-order valence-electron chi connectivity index (χ2n) is 17.8. The van der Waals surface area contributed by atoms with E-state index in [1.807, 2.05) is 41.5 Å². The van der Waals surface area contributed by atoms with Crippen LogP contribution in [-0.2, 0) is 54.9 Å². The standard InChI is InChI=1S/C39H66N14O6/c1-24(40-9)32(54)44-30(38(3,4)5)36(58)52-18-11-14-28(52)34(56)42-20-26-22-50(48-46-26)16-13-17-51-23-27(47-49-51)21-43-35(57)29-15-12-19-53(29)37(59)31(39(6,7)8)45-33(55)25(2)41-10/h22-25,28-31,40-41H,11-21H2,1-10H3,(H,42,56)(H,43,57)(H,44,54)(H,45,55)/t24-,25-,28+,29?,30+,31+/m0/s1. The molecule has 0 saturated carbocycles. The average molecular weight is 827 g/mol. The summed E-state index contributed by atoms with van der Waals surface area (Å²) in [4.78, 5) is 82.5. The van der Waals surface area contributed by atoms with E-state index in [4.69, 9.17) is 0 Å². The fourth-order valence-corrected chi connectivity index (χ4v) is 7.08. The number of aromatic nitrogens is 6. The summed E-state index contributed by atoms with van der Waals surface area (Å²) in [5.74, 6) is -1.69. The molecule has 2 aliphatic heterocycles. The maximum Gasteiger partial charge on any atom is 0.246 e. The number of amides is 6. The van der Waals surface area contributed by atoms with Gasteiger partial charge in [0.2, 0.25) is 35.4 Å². The quantitative estimate of drug-likeness (QED) is 0.111. The summed E-state index contributed by atoms with van der Waals surface area (Å²) in [7, 11) is 3.36. The molecule has 6 amide bonds. The lowest BCUT2D eigenvalue weighted by Crippen LogP contribution is -2.59. The van der Waals surface area contributed by atoms with Crippen molar-refractivity contribution < 1.29 is 28.8 Å². The summed E-state index contributed by atoms with van der Waals surface area (Å²) in [5, 5.41) is 34.1. The Kier molecular flexibility index (Phi) is 16.1. The van der Waals surface area contributed by atoms with E-state index in [0.29, 0.717) is 69.7 Å². The molecule has 20 nitrogen and oxygen atoms in total. The zero-order valence-corrected chi connectivity index (χ0v) is 36.4. The van der Waals surface area contributed by atoms with Crippen LogP contribution < -0.4 is 31.9 Å². The van der Waals surface area contributed by atoms with Gasteiger partial charge < -0.3 is 41.7 Å². The molecular formula is C39H66N14O6. The van der Waals surface area contributed by atoms with Crippen molar-refractivity contribution in [2.75, 3.05) is 27.2 Å². The van der Waals surface area contributed by atoms with Gasteiger partial charge in [0.15, 0.2) is 0 Å². The maximum atomic E-state index is 13.7. The Morgan fingerprint density at radius 1 is 0.661 bits per heavy atom. The highest BCUT2D eigenvalue weighted by atomic mass is 16.2. The van der Waals surface area contributed by atoms with Crippen molar-refractivity contribution in [3.63, 3.8) is 0 Å². The van der Waals surface area contributed by atoms with Crippen LogP contribution in [-0.4, -0.2) is 139 Å². The first-order valence-corrected chi connectivity index (χ1v) is 20.6. The van der Waals surface area contributed by atoms with Crippen LogP contribution in [0, 0.1) is 10.8 Å². The molecule has 0 aliphatic carbocycles. The fraction of sp³-hybridized carbons (Fsp3) is 0.744. The SMILES string of the molecule is CN[C@@H](C)C(=O)N[C@H](C(=O)N1CCCC1C(=O)NCc1cn(CCCn2cc(CNC(=O)[C@H]3CCCN3C(=O)[C@@H](NC(=O)[C@H](C)NC)C(C)(C)C)nn2)nn1)C(C)(C)C. The molecular weight excluding hydrogens is 761 g/mol. The summed E-state index contributed by atoms with van der Waals surface area (Å²) in [6.45, 7) is 17.0. The topological polar surface area (TPSA) is 242 Å². The summed E-state index contributed by atoms with van der Waals surface area (Å²) < 4.78 is 3.36. The van der Waals surface area contributed by atoms with Gasteiger partial charge in [0.25, 0.3) is 0 Å². The minimum Gasteiger partial charge on any atom is -0.349 e. The number of carbonyl (C=O) groups is 6. The Labute approximate surface area is 347 Å². The van der Waals surface area contributed by atoms with Crippen molar-refractivity contribution >= 4 is 35.4 Å². The molecule has 1 unspecified atom stereocenters. The van der Waals surface area contributed by atoms with Crippen molar-refractivity contribution in [1.82, 2.24) is 71.7 Å². The van der Waals surface area contributed by atoms with Crippen LogP contribution in [0.2, 0.25) is 0 Å². The van der Waals surface area contributed by atoms with Crippen LogP contribution in [0.1, 0.15) is 98.9 Å². The first kappa shape index (κ1) is 46.7. The van der Waals surface area contributed by atoms with Crippen molar-refractivity contribution in [1.29, 1.82) is 0 Å². The lowest BCUT2D eigenvalue weighted by molar-refractivity contribution is -0.144. The van der Waals surface area contributed by atoms with Gasteiger partial charge in [-0.2, -0.15) is 0 Å². The third-order valence-corrected chi connectivity index (χ3v) is 11.0. The van der Waals surface area contributed by atoms with Crippen LogP contribution in [0.15, 0.2) is 12.4 Å². The third-order valence-electron chi connectivity index (χ3n) is 11.0. The van der Waals surface area contributed by atoms with Crippen molar-refractivity contribution in [2.24, 2.45) is 10.8 Å². The summed E-state index contributed by atoms with van der Waals surface area (Å²) in [5.41, 5.74) is 0.00354. The lowest BCUT2D eigenvalue weighted by atomic mass is 9.85. The number of hydrogen-bond acceptors (Lipinski definition) is 12. The average Bonchev–Trinajstić information content (AvgIpc) is 4.03. The van der Waals surface area contributed by atoms with Crippen LogP contribution in [0.25, 0.3) is 0 Å². The van der Waals surface area contributed by atoms with E-state index in [9.17, 15) is 28.8 Å². The Hall–Kier alpha value is -4.98. The van der Waals surface area contributed by atoms with E-state index in [0.717, 1.165) is 0 Å². The van der Waals surface area contributed by atoms with Crippen molar-refractivity contribution in [3.8, 4) is 0 Å². The molecule has 4 heterocycles. The van der Waals surface area contributed by atoms with Crippen LogP contribution in [0.3, 0.4) is 0 Å². The molecule has 2 fully saturated rings. The van der Waals surface area contributed by atoms with E-state index in [1.54, 1.807) is 59.5 Å².